The van der Waals surface area contributed by atoms with Crippen LogP contribution < -0.4 is 0 Å². The van der Waals surface area contributed by atoms with Crippen LogP contribution in [0.15, 0.2) is 29.5 Å². The highest BCUT2D eigenvalue weighted by Crippen LogP contribution is 2.11. The van der Waals surface area contributed by atoms with Crippen molar-refractivity contribution in [2.45, 2.75) is 26.5 Å². The van der Waals surface area contributed by atoms with Gasteiger partial charge < -0.3 is 9.84 Å². The molecule has 0 radical (unpaired) electrons. The van der Waals surface area contributed by atoms with Gasteiger partial charge in [-0.05, 0) is 28.3 Å². The summed E-state index contributed by atoms with van der Waals surface area (Å²) in [5.41, 5.74) is 1.31. The summed E-state index contributed by atoms with van der Waals surface area (Å²) in [4.78, 5) is 2.29. The quantitative estimate of drug-likeness (QED) is 0.529. The average Bonchev–Trinajstić information content (AvgIpc) is 2.81. The molecule has 0 saturated carbocycles. The van der Waals surface area contributed by atoms with Gasteiger partial charge in [-0.15, -0.1) is 6.58 Å². The van der Waals surface area contributed by atoms with E-state index >= 15 is 0 Å². The Bertz CT molecular complexity index is 338. The van der Waals surface area contributed by atoms with Crippen molar-refractivity contribution >= 4 is 11.3 Å². The molecule has 1 N–H and O–H groups in total. The van der Waals surface area contributed by atoms with E-state index in [1.165, 1.54) is 5.56 Å². The highest BCUT2D eigenvalue weighted by molar-refractivity contribution is 7.07. The maximum Gasteiger partial charge on any atom is 0.0900 e. The maximum atomic E-state index is 9.99. The van der Waals surface area contributed by atoms with E-state index in [9.17, 15) is 5.11 Å². The third kappa shape index (κ3) is 7.47. The van der Waals surface area contributed by atoms with Crippen molar-refractivity contribution in [3.63, 3.8) is 0 Å². The van der Waals surface area contributed by atoms with Crippen molar-refractivity contribution < 1.29 is 9.84 Å². The molecular weight excluding hydrogens is 258 g/mol. The van der Waals surface area contributed by atoms with Crippen LogP contribution in [-0.4, -0.2) is 42.4 Å². The van der Waals surface area contributed by atoms with Gasteiger partial charge in [0.25, 0.3) is 0 Å². The molecule has 4 heteroatoms. The lowest BCUT2D eigenvalue weighted by Gasteiger charge is -2.26. The summed E-state index contributed by atoms with van der Waals surface area (Å²) >= 11 is 1.71. The topological polar surface area (TPSA) is 32.7 Å². The summed E-state index contributed by atoms with van der Waals surface area (Å²) in [5.74, 6) is 0.583. The molecule has 0 saturated heterocycles. The van der Waals surface area contributed by atoms with Gasteiger partial charge in [0.2, 0.25) is 0 Å². The molecule has 19 heavy (non-hydrogen) atoms. The van der Waals surface area contributed by atoms with Crippen molar-refractivity contribution in [1.82, 2.24) is 4.90 Å². The lowest BCUT2D eigenvalue weighted by atomic mass is 10.2. The molecule has 108 valence electrons. The molecule has 0 fully saturated rings. The fraction of sp³-hybridized carbons (Fsp3) is 0.600. The van der Waals surface area contributed by atoms with E-state index in [1.54, 1.807) is 17.4 Å². The van der Waals surface area contributed by atoms with Crippen LogP contribution in [0.25, 0.3) is 0 Å². The molecule has 0 aliphatic rings. The van der Waals surface area contributed by atoms with Gasteiger partial charge >= 0.3 is 0 Å². The third-order valence-electron chi connectivity index (χ3n) is 2.62. The Labute approximate surface area is 120 Å². The van der Waals surface area contributed by atoms with Crippen molar-refractivity contribution in [2.24, 2.45) is 5.92 Å². The molecule has 0 aliphatic heterocycles. The standard InChI is InChI=1S/C15H25NO2S/c1-4-6-18-11-15(17)10-16(8-13(2)3)9-14-5-7-19-12-14/h4-5,7,12-13,15,17H,1,6,8-11H2,2-3H3. The maximum absolute atomic E-state index is 9.99. The molecule has 0 bridgehead atoms. The number of aliphatic hydroxyl groups excluding tert-OH is 1. The number of aliphatic hydroxyl groups is 1. The van der Waals surface area contributed by atoms with E-state index in [0.717, 1.165) is 13.1 Å². The van der Waals surface area contributed by atoms with Crippen LogP contribution in [0.3, 0.4) is 0 Å². The predicted molar refractivity (Wildman–Crippen MR) is 81.5 cm³/mol. The molecule has 0 aromatic carbocycles. The van der Waals surface area contributed by atoms with Crippen LogP contribution in [-0.2, 0) is 11.3 Å². The minimum Gasteiger partial charge on any atom is -0.389 e. The highest BCUT2D eigenvalue weighted by Gasteiger charge is 2.14. The Morgan fingerprint density at radius 3 is 2.84 bits per heavy atom. The number of nitrogens with zero attached hydrogens (tertiary/aromatic N) is 1. The molecule has 1 rings (SSSR count). The first-order valence-electron chi connectivity index (χ1n) is 6.72. The molecule has 1 heterocycles. The fourth-order valence-electron chi connectivity index (χ4n) is 2.00. The zero-order valence-corrected chi connectivity index (χ0v) is 12.7. The number of hydrogen-bond donors (Lipinski definition) is 1. The molecule has 1 unspecified atom stereocenters. The summed E-state index contributed by atoms with van der Waals surface area (Å²) in [7, 11) is 0. The molecule has 1 aromatic rings. The van der Waals surface area contributed by atoms with Crippen molar-refractivity contribution in [1.29, 1.82) is 0 Å². The number of thiophene rings is 1. The van der Waals surface area contributed by atoms with Gasteiger partial charge in [0.05, 0.1) is 19.3 Å². The van der Waals surface area contributed by atoms with E-state index < -0.39 is 6.10 Å². The van der Waals surface area contributed by atoms with Crippen LogP contribution in [0.4, 0.5) is 0 Å². The molecule has 1 atom stereocenters. The van der Waals surface area contributed by atoms with Crippen molar-refractivity contribution in [3.8, 4) is 0 Å². The van der Waals surface area contributed by atoms with Gasteiger partial charge in [0.1, 0.15) is 0 Å². The van der Waals surface area contributed by atoms with Crippen molar-refractivity contribution in [2.75, 3.05) is 26.3 Å². The van der Waals surface area contributed by atoms with E-state index in [0.29, 0.717) is 25.7 Å². The second-order valence-electron chi connectivity index (χ2n) is 5.20. The van der Waals surface area contributed by atoms with Crippen LogP contribution in [0, 0.1) is 5.92 Å². The van der Waals surface area contributed by atoms with Crippen LogP contribution >= 0.6 is 11.3 Å². The Morgan fingerprint density at radius 1 is 1.47 bits per heavy atom. The normalized spacial score (nSPS) is 13.1. The third-order valence-corrected chi connectivity index (χ3v) is 3.36. The van der Waals surface area contributed by atoms with E-state index in [2.05, 4.69) is 42.2 Å². The Kier molecular flexibility index (Phi) is 7.98. The van der Waals surface area contributed by atoms with Crippen LogP contribution in [0.5, 0.6) is 0 Å². The number of ether oxygens (including phenoxy) is 1. The van der Waals surface area contributed by atoms with Crippen LogP contribution in [0.1, 0.15) is 19.4 Å². The van der Waals surface area contributed by atoms with Gasteiger partial charge in [-0.2, -0.15) is 11.3 Å². The molecule has 0 spiro atoms. The minimum atomic E-state index is -0.447. The summed E-state index contributed by atoms with van der Waals surface area (Å²) in [6.07, 6.45) is 1.25. The Balaban J connectivity index is 2.42. The van der Waals surface area contributed by atoms with E-state index in [-0.39, 0.29) is 0 Å². The van der Waals surface area contributed by atoms with Gasteiger partial charge in [0.15, 0.2) is 0 Å². The van der Waals surface area contributed by atoms with Gasteiger partial charge in [-0.1, -0.05) is 19.9 Å². The van der Waals surface area contributed by atoms with Gasteiger partial charge in [-0.3, -0.25) is 4.90 Å². The first kappa shape index (κ1) is 16.4. The average molecular weight is 283 g/mol. The first-order valence-corrected chi connectivity index (χ1v) is 7.66. The molecule has 3 nitrogen and oxygen atoms in total. The van der Waals surface area contributed by atoms with Gasteiger partial charge in [-0.25, -0.2) is 0 Å². The summed E-state index contributed by atoms with van der Waals surface area (Å²) in [6.45, 7) is 11.4. The van der Waals surface area contributed by atoms with Crippen LogP contribution in [0.2, 0.25) is 0 Å². The monoisotopic (exact) mass is 283 g/mol. The number of rotatable bonds is 10. The van der Waals surface area contributed by atoms with E-state index in [4.69, 9.17) is 4.74 Å². The van der Waals surface area contributed by atoms with E-state index in [1.807, 2.05) is 0 Å². The Hall–Kier alpha value is -0.680. The SMILES string of the molecule is C=CCOCC(O)CN(Cc1ccsc1)CC(C)C. The minimum absolute atomic E-state index is 0.365. The molecule has 1 aromatic heterocycles. The lowest BCUT2D eigenvalue weighted by Crippen LogP contribution is -2.36. The molecular formula is C15H25NO2S. The van der Waals surface area contributed by atoms with Gasteiger partial charge in [0, 0.05) is 19.6 Å². The van der Waals surface area contributed by atoms with Crippen molar-refractivity contribution in [3.05, 3.63) is 35.0 Å². The Morgan fingerprint density at radius 2 is 2.26 bits per heavy atom. The zero-order chi connectivity index (χ0) is 14.1. The second-order valence-corrected chi connectivity index (χ2v) is 5.98. The predicted octanol–water partition coefficient (Wildman–Crippen LogP) is 2.77. The summed E-state index contributed by atoms with van der Waals surface area (Å²) in [5, 5.41) is 14.2. The fourth-order valence-corrected chi connectivity index (χ4v) is 2.66. The lowest BCUT2D eigenvalue weighted by molar-refractivity contribution is 0.0223. The number of hydrogen-bond acceptors (Lipinski definition) is 4. The zero-order valence-electron chi connectivity index (χ0n) is 11.9. The summed E-state index contributed by atoms with van der Waals surface area (Å²) in [6, 6.07) is 2.14. The molecule has 0 amide bonds. The smallest absolute Gasteiger partial charge is 0.0900 e. The second kappa shape index (κ2) is 9.26. The first-order chi connectivity index (χ1) is 9.11. The summed E-state index contributed by atoms with van der Waals surface area (Å²) < 4.78 is 5.29. The highest BCUT2D eigenvalue weighted by atomic mass is 32.1. The largest absolute Gasteiger partial charge is 0.389 e. The molecule has 0 aliphatic carbocycles.